The van der Waals surface area contributed by atoms with Crippen LogP contribution in [0.5, 0.6) is 23.0 Å². The molecule has 38 heteroatoms. The number of hydrogen-bond acceptors (Lipinski definition) is 22. The molecule has 0 radical (unpaired) electrons. The van der Waals surface area contributed by atoms with Crippen molar-refractivity contribution in [2.75, 3.05) is 97.2 Å². The van der Waals surface area contributed by atoms with E-state index in [1.807, 2.05) is 103 Å². The standard InChI is InChI=1S/C24H22BrN5O3.C23H20ClN5O3.C21H20BrN3O3.C20H23ClN2O2.C19H20ClN5O2/c1-26-23-27-12-14(13-28-23)22-21-18(19-11-15(25)3-8-20(19)29-21)9-10-30(22)24(31)33-17-6-4-16(32-2)5-7-17;1-31-15-3-5-16(6-4-15)32-23(30)29-9-8-17-18-10-14(24)2-7-19(18)28-20(17)21(29)13-11-26-22(25)27-12-13;1-2-28-21(27)25-10-9-15-16-11-14(22)7-8-17(16)24-18(15)19(25)12-3-5-13(6-4-12)20(23)26;1-2-25-20(24)23-11-10-15-16-12-14(21)8-9-17(16)22-18(15)19(23)13-6-4-3-5-7-13;1-3-27-19(26)25-7-6-13-14-8-12(20)4-5-15(14)24-16(13)17(25)11-9-22-18(21-2)23-10-11/h3-8,11-13,22,29H,9-10H2,1-2H3,(H,26,27,28);2-7,10-12,21,28H,8-9H2,1H3,(H2,25,26,27);3-8,11,19,24H,2,9-10H2,1H3,(H2,23,26);3-4,8-9,12-13,19,22H,2,5-7,10-11H2,1H3;4-5,8-10,17,24H,3,6-7H2,1-2H3,(H,21,22,23). The summed E-state index contributed by atoms with van der Waals surface area (Å²) in [6.45, 7) is 9.24. The number of allylic oxidation sites excluding steroid dienone is 2. The highest BCUT2D eigenvalue weighted by Crippen LogP contribution is 2.48. The highest BCUT2D eigenvalue weighted by atomic mass is 79.9. The molecule has 1 aliphatic carbocycles. The molecule has 13 heterocycles. The number of methoxy groups -OCH3 is 2. The van der Waals surface area contributed by atoms with E-state index in [1.54, 1.807) is 160 Å². The van der Waals surface area contributed by atoms with Crippen LogP contribution in [0.1, 0.15) is 159 Å². The number of fused-ring (bicyclic) bond motifs is 15. The van der Waals surface area contributed by atoms with Crippen LogP contribution >= 0.6 is 66.7 Å². The maximum atomic E-state index is 13.3. The number of rotatable bonds is 15. The molecule has 8 aromatic heterocycles. The number of hydrogen-bond donors (Lipinski definition) is 9. The monoisotopic (exact) mass is 2140 g/mol. The number of carbonyl (C=O) groups is 6. The van der Waals surface area contributed by atoms with Crippen LogP contribution in [0.2, 0.25) is 15.1 Å². The normalized spacial score (nSPS) is 17.0. The predicted octanol–water partition coefficient (Wildman–Crippen LogP) is 22.4. The molecular formula is C107H105Br2Cl3N20O13. The number of ether oxygens (including phenoxy) is 7. The first-order valence-electron chi connectivity index (χ1n) is 47.6. The van der Waals surface area contributed by atoms with Crippen molar-refractivity contribution in [2.45, 2.75) is 102 Å². The summed E-state index contributed by atoms with van der Waals surface area (Å²) < 4.78 is 39.7. The predicted molar refractivity (Wildman–Crippen MR) is 564 cm³/mol. The summed E-state index contributed by atoms with van der Waals surface area (Å²) in [7, 11) is 6.71. The molecule has 5 aliphatic heterocycles. The van der Waals surface area contributed by atoms with Gasteiger partial charge in [-0.05, 0) is 263 Å². The minimum atomic E-state index is -0.478. The molecule has 746 valence electrons. The van der Waals surface area contributed by atoms with Crippen molar-refractivity contribution in [2.24, 2.45) is 11.7 Å². The van der Waals surface area contributed by atoms with E-state index in [0.29, 0.717) is 122 Å². The number of halogens is 5. The second kappa shape index (κ2) is 44.5. The van der Waals surface area contributed by atoms with Crippen molar-refractivity contribution in [3.8, 4) is 23.0 Å². The van der Waals surface area contributed by atoms with Crippen molar-refractivity contribution in [3.05, 3.63) is 321 Å². The van der Waals surface area contributed by atoms with E-state index in [-0.39, 0.29) is 42.4 Å². The number of nitrogens with two attached hydrogens (primary N) is 2. The number of H-pyrrole nitrogens is 5. The third-order valence-corrected chi connectivity index (χ3v) is 28.4. The lowest BCUT2D eigenvalue weighted by atomic mass is 9.82. The maximum absolute atomic E-state index is 13.3. The van der Waals surface area contributed by atoms with E-state index in [9.17, 15) is 28.8 Å². The van der Waals surface area contributed by atoms with Crippen molar-refractivity contribution in [1.29, 1.82) is 0 Å². The molecule has 8 aromatic carbocycles. The molecule has 33 nitrogen and oxygen atoms in total. The molecule has 11 N–H and O–H groups in total. The summed E-state index contributed by atoms with van der Waals surface area (Å²) in [4.78, 5) is 128. The van der Waals surface area contributed by atoms with Crippen LogP contribution in [-0.2, 0) is 46.3 Å². The van der Waals surface area contributed by atoms with E-state index in [4.69, 9.17) is 79.4 Å². The van der Waals surface area contributed by atoms with Gasteiger partial charge >= 0.3 is 30.5 Å². The van der Waals surface area contributed by atoms with Gasteiger partial charge in [0, 0.05) is 213 Å². The topological polar surface area (TPSA) is 416 Å². The molecule has 0 saturated heterocycles. The Morgan fingerprint density at radius 3 is 1.06 bits per heavy atom. The summed E-state index contributed by atoms with van der Waals surface area (Å²) >= 11 is 25.8. The maximum Gasteiger partial charge on any atom is 0.416 e. The summed E-state index contributed by atoms with van der Waals surface area (Å²) in [5.74, 6) is 3.40. The average molecular weight is 2150 g/mol. The molecule has 145 heavy (non-hydrogen) atoms. The van der Waals surface area contributed by atoms with Crippen molar-refractivity contribution in [3.63, 3.8) is 0 Å². The van der Waals surface area contributed by atoms with Crippen LogP contribution in [0, 0.1) is 5.92 Å². The number of primary amides is 1. The summed E-state index contributed by atoms with van der Waals surface area (Å²) in [5.41, 5.74) is 30.7. The SMILES string of the molecule is CCOC(=O)N1CCc2c([nH]c3ccc(Br)cc23)C1c1ccc(C(N)=O)cc1.CCOC(=O)N1CCc2c([nH]c3ccc(Cl)cc23)C1C1CC=CCC1.CCOC(=O)N1CCc2c([nH]c3ccc(Cl)cc23)C1c1cnc(NC)nc1.CNc1ncc(C2c3[nH]c4ccc(Br)cc4c3CCN2C(=O)Oc2ccc(OC)cc2)cn1.COc1ccc(OC(=O)N2CCc3c([nH]c4ccc(Cl)cc34)C2c2cnc(N)nc2)cc1. The number of aromatic nitrogens is 11. The van der Waals surface area contributed by atoms with Crippen LogP contribution in [0.25, 0.3) is 54.5 Å². The van der Waals surface area contributed by atoms with Gasteiger partial charge in [-0.1, -0.05) is 90.9 Å². The first-order chi connectivity index (χ1) is 70.4. The molecule has 0 spiro atoms. The van der Waals surface area contributed by atoms with Gasteiger partial charge in [-0.25, -0.2) is 53.9 Å². The zero-order chi connectivity index (χ0) is 101. The third kappa shape index (κ3) is 21.4. The van der Waals surface area contributed by atoms with E-state index in [0.717, 1.165) is 163 Å². The lowest BCUT2D eigenvalue weighted by molar-refractivity contribution is 0.0675. The number of nitrogen functional groups attached to an aromatic ring is 1. The van der Waals surface area contributed by atoms with E-state index < -0.39 is 30.2 Å². The van der Waals surface area contributed by atoms with Gasteiger partial charge in [-0.3, -0.25) is 29.3 Å². The molecule has 6 amide bonds. The Hall–Kier alpha value is -14.9. The molecule has 0 fully saturated rings. The Labute approximate surface area is 866 Å². The first-order valence-corrected chi connectivity index (χ1v) is 50.3. The number of carbonyl (C=O) groups excluding carboxylic acids is 6. The van der Waals surface area contributed by atoms with Gasteiger partial charge in [0.15, 0.2) is 0 Å². The number of aromatic amines is 5. The quantitative estimate of drug-likeness (QED) is 0.0340. The fourth-order valence-electron chi connectivity index (χ4n) is 20.1. The van der Waals surface area contributed by atoms with Gasteiger partial charge in [0.05, 0.1) is 40.1 Å². The molecule has 6 unspecified atom stereocenters. The Balaban J connectivity index is 0.000000119. The number of amides is 6. The van der Waals surface area contributed by atoms with Crippen LogP contribution in [-0.4, -0.2) is 197 Å². The Morgan fingerprint density at radius 2 is 0.710 bits per heavy atom. The number of benzene rings is 8. The van der Waals surface area contributed by atoms with E-state index in [2.05, 4.69) is 122 Å². The Morgan fingerprint density at radius 1 is 0.393 bits per heavy atom. The fraction of sp³-hybridized carbons (Fsp3) is 0.271. The Bertz CT molecular complexity index is 7500. The van der Waals surface area contributed by atoms with Gasteiger partial charge < -0.3 is 80.2 Å². The van der Waals surface area contributed by atoms with Crippen molar-refractivity contribution < 1.29 is 61.9 Å². The summed E-state index contributed by atoms with van der Waals surface area (Å²) in [6, 6.07) is 49.1. The first kappa shape index (κ1) is 100. The van der Waals surface area contributed by atoms with Crippen molar-refractivity contribution >= 4 is 175 Å². The lowest BCUT2D eigenvalue weighted by Gasteiger charge is -2.40. The number of nitrogens with zero attached hydrogens (tertiary/aromatic N) is 11. The zero-order valence-electron chi connectivity index (χ0n) is 80.3. The van der Waals surface area contributed by atoms with Gasteiger partial charge in [-0.2, -0.15) is 0 Å². The van der Waals surface area contributed by atoms with Crippen LogP contribution in [0.15, 0.2) is 222 Å². The fourth-order valence-corrected chi connectivity index (χ4v) is 21.3. The highest BCUT2D eigenvalue weighted by molar-refractivity contribution is 9.10. The average Bonchev–Trinajstić information content (AvgIpc) is 1.64. The van der Waals surface area contributed by atoms with E-state index in [1.165, 1.54) is 22.1 Å². The largest absolute Gasteiger partial charge is 0.497 e. The number of anilines is 3. The minimum Gasteiger partial charge on any atom is -0.497 e. The summed E-state index contributed by atoms with van der Waals surface area (Å²) in [6.07, 6.45) is 19.7. The van der Waals surface area contributed by atoms with Crippen LogP contribution in [0.4, 0.5) is 41.8 Å². The second-order valence-corrected chi connectivity index (χ2v) is 38.2. The molecule has 6 atom stereocenters. The highest BCUT2D eigenvalue weighted by Gasteiger charge is 2.44. The molecular weight excluding hydrogens is 2040 g/mol. The molecule has 0 bridgehead atoms. The smallest absolute Gasteiger partial charge is 0.416 e. The molecule has 22 rings (SSSR count). The third-order valence-electron chi connectivity index (χ3n) is 26.7. The van der Waals surface area contributed by atoms with Crippen LogP contribution < -0.4 is 41.0 Å². The van der Waals surface area contributed by atoms with Gasteiger partial charge in [0.1, 0.15) is 47.2 Å². The lowest BCUT2D eigenvalue weighted by Crippen LogP contribution is -2.43. The van der Waals surface area contributed by atoms with Crippen LogP contribution in [0.3, 0.4) is 0 Å². The van der Waals surface area contributed by atoms with Gasteiger partial charge in [0.2, 0.25) is 23.8 Å². The minimum absolute atomic E-state index is 0.0407. The Kier molecular flexibility index (Phi) is 30.8. The molecule has 0 saturated carbocycles. The summed E-state index contributed by atoms with van der Waals surface area (Å²) in [5, 5.41) is 13.5. The zero-order valence-corrected chi connectivity index (χ0v) is 85.7. The second-order valence-electron chi connectivity index (χ2n) is 35.1. The van der Waals surface area contributed by atoms with Gasteiger partial charge in [-0.15, -0.1) is 0 Å². The van der Waals surface area contributed by atoms with E-state index >= 15 is 0 Å². The number of nitrogens with one attached hydrogen (secondary N) is 7. The molecule has 6 aliphatic rings. The molecule has 16 aromatic rings. The van der Waals surface area contributed by atoms with Crippen molar-refractivity contribution in [1.82, 2.24) is 79.3 Å². The van der Waals surface area contributed by atoms with Gasteiger partial charge in [0.25, 0.3) is 0 Å².